The average molecular weight is 481 g/mol. The first-order chi connectivity index (χ1) is 16.3. The molecule has 3 aromatic rings. The molecule has 1 amide bonds. The van der Waals surface area contributed by atoms with E-state index < -0.39 is 9.84 Å². The zero-order chi connectivity index (χ0) is 24.3. The summed E-state index contributed by atoms with van der Waals surface area (Å²) < 4.78 is 34.8. The molecule has 34 heavy (non-hydrogen) atoms. The number of nitrogens with one attached hydrogen (secondary N) is 1. The van der Waals surface area contributed by atoms with Crippen LogP contribution in [0.25, 0.3) is 0 Å². The molecule has 1 atom stereocenters. The summed E-state index contributed by atoms with van der Waals surface area (Å²) >= 11 is 0. The lowest BCUT2D eigenvalue weighted by molar-refractivity contribution is -0.117. The Labute approximate surface area is 200 Å². The molecule has 1 aliphatic heterocycles. The molecule has 178 valence electrons. The fraction of sp³-hybridized carbons (Fsp3) is 0.269. The lowest BCUT2D eigenvalue weighted by atomic mass is 9.87. The van der Waals surface area contributed by atoms with Gasteiger partial charge < -0.3 is 14.8 Å². The van der Waals surface area contributed by atoms with Gasteiger partial charge in [0.25, 0.3) is 0 Å². The minimum atomic E-state index is -3.36. The van der Waals surface area contributed by atoms with E-state index in [1.807, 2.05) is 30.3 Å². The molecule has 0 spiro atoms. The third kappa shape index (κ3) is 5.08. The largest absolute Gasteiger partial charge is 0.493 e. The normalized spacial score (nSPS) is 15.9. The predicted octanol–water partition coefficient (Wildman–Crippen LogP) is 3.69. The monoisotopic (exact) mass is 480 g/mol. The maximum Gasteiger partial charge on any atom is 0.238 e. The Morgan fingerprint density at radius 3 is 2.38 bits per heavy atom. The summed E-state index contributed by atoms with van der Waals surface area (Å²) in [7, 11) is -0.129. The van der Waals surface area contributed by atoms with E-state index >= 15 is 0 Å². The molecule has 0 aliphatic carbocycles. The van der Waals surface area contributed by atoms with Gasteiger partial charge in [-0.2, -0.15) is 0 Å². The summed E-state index contributed by atoms with van der Waals surface area (Å²) in [6.45, 7) is 0.829. The molecule has 0 aromatic heterocycles. The number of benzene rings is 3. The number of ether oxygens (including phenoxy) is 2. The summed E-state index contributed by atoms with van der Waals surface area (Å²) in [5.41, 5.74) is 3.75. The molecule has 0 saturated carbocycles. The van der Waals surface area contributed by atoms with Crippen LogP contribution in [0.1, 0.15) is 22.7 Å². The van der Waals surface area contributed by atoms with Gasteiger partial charge in [-0.05, 0) is 53.4 Å². The Morgan fingerprint density at radius 1 is 1.00 bits per heavy atom. The molecule has 0 saturated heterocycles. The van der Waals surface area contributed by atoms with Crippen LogP contribution in [0, 0.1) is 0 Å². The lowest BCUT2D eigenvalue weighted by Gasteiger charge is -2.37. The number of sulfone groups is 1. The number of nitrogens with zero attached hydrogens (tertiary/aromatic N) is 1. The van der Waals surface area contributed by atoms with Gasteiger partial charge in [0.1, 0.15) is 0 Å². The van der Waals surface area contributed by atoms with Crippen LogP contribution < -0.4 is 14.8 Å². The standard InChI is InChI=1S/C26H28N2O5S/c1-32-23-14-19-12-13-28(17-25(29)27-20-10-7-11-21(15-20)34(3,30)31)26(18-8-5-4-6-9-18)22(19)16-24(23)33-2/h4-11,14-16,26H,12-13,17H2,1-3H3,(H,27,29)/t26-/m1/s1. The van der Waals surface area contributed by atoms with Crippen LogP contribution >= 0.6 is 0 Å². The smallest absolute Gasteiger partial charge is 0.238 e. The number of anilines is 1. The van der Waals surface area contributed by atoms with Crippen molar-refractivity contribution in [2.75, 3.05) is 38.9 Å². The van der Waals surface area contributed by atoms with Gasteiger partial charge in [-0.3, -0.25) is 9.69 Å². The molecule has 7 nitrogen and oxygen atoms in total. The van der Waals surface area contributed by atoms with Crippen LogP contribution in [-0.2, 0) is 21.1 Å². The molecular formula is C26H28N2O5S. The molecule has 0 fully saturated rings. The summed E-state index contributed by atoms with van der Waals surface area (Å²) in [6.07, 6.45) is 1.91. The summed E-state index contributed by atoms with van der Waals surface area (Å²) in [4.78, 5) is 15.3. The van der Waals surface area contributed by atoms with E-state index in [0.29, 0.717) is 23.7 Å². The highest BCUT2D eigenvalue weighted by molar-refractivity contribution is 7.90. The van der Waals surface area contributed by atoms with Gasteiger partial charge in [0.15, 0.2) is 21.3 Å². The van der Waals surface area contributed by atoms with E-state index in [-0.39, 0.29) is 23.4 Å². The van der Waals surface area contributed by atoms with Gasteiger partial charge in [-0.15, -0.1) is 0 Å². The van der Waals surface area contributed by atoms with Crippen molar-refractivity contribution in [2.45, 2.75) is 17.4 Å². The Hall–Kier alpha value is -3.36. The van der Waals surface area contributed by atoms with Crippen molar-refractivity contribution in [1.82, 2.24) is 4.90 Å². The van der Waals surface area contributed by atoms with Crippen molar-refractivity contribution < 1.29 is 22.7 Å². The van der Waals surface area contributed by atoms with Gasteiger partial charge in [-0.25, -0.2) is 8.42 Å². The van der Waals surface area contributed by atoms with Gasteiger partial charge in [-0.1, -0.05) is 36.4 Å². The lowest BCUT2D eigenvalue weighted by Crippen LogP contribution is -2.41. The van der Waals surface area contributed by atoms with Gasteiger partial charge in [0.05, 0.1) is 31.7 Å². The second kappa shape index (κ2) is 9.87. The van der Waals surface area contributed by atoms with Crippen LogP contribution in [0.15, 0.2) is 71.6 Å². The van der Waals surface area contributed by atoms with Crippen molar-refractivity contribution in [3.8, 4) is 11.5 Å². The molecule has 1 heterocycles. The number of carbonyl (C=O) groups is 1. The van der Waals surface area contributed by atoms with Crippen LogP contribution in [0.4, 0.5) is 5.69 Å². The maximum atomic E-state index is 13.0. The summed E-state index contributed by atoms with van der Waals surface area (Å²) in [5.74, 6) is 1.12. The summed E-state index contributed by atoms with van der Waals surface area (Å²) in [6, 6.07) is 20.2. The van der Waals surface area contributed by atoms with E-state index in [1.54, 1.807) is 26.4 Å². The third-order valence-electron chi connectivity index (χ3n) is 5.98. The van der Waals surface area contributed by atoms with Gasteiger partial charge in [0, 0.05) is 18.5 Å². The quantitative estimate of drug-likeness (QED) is 0.555. The van der Waals surface area contributed by atoms with E-state index in [2.05, 4.69) is 22.3 Å². The predicted molar refractivity (Wildman–Crippen MR) is 131 cm³/mol. The van der Waals surface area contributed by atoms with Crippen molar-refractivity contribution >= 4 is 21.4 Å². The molecule has 3 aromatic carbocycles. The van der Waals surface area contributed by atoms with E-state index in [0.717, 1.165) is 29.4 Å². The Kier molecular flexibility index (Phi) is 6.90. The second-order valence-corrected chi connectivity index (χ2v) is 10.3. The van der Waals surface area contributed by atoms with Crippen LogP contribution in [-0.4, -0.2) is 52.8 Å². The van der Waals surface area contributed by atoms with E-state index in [4.69, 9.17) is 9.47 Å². The fourth-order valence-electron chi connectivity index (χ4n) is 4.38. The number of methoxy groups -OCH3 is 2. The van der Waals surface area contributed by atoms with Crippen molar-refractivity contribution in [3.05, 3.63) is 83.4 Å². The van der Waals surface area contributed by atoms with E-state index in [9.17, 15) is 13.2 Å². The van der Waals surface area contributed by atoms with Crippen molar-refractivity contribution in [2.24, 2.45) is 0 Å². The molecule has 0 unspecified atom stereocenters. The number of amides is 1. The highest BCUT2D eigenvalue weighted by atomic mass is 32.2. The van der Waals surface area contributed by atoms with Crippen LogP contribution in [0.3, 0.4) is 0 Å². The second-order valence-electron chi connectivity index (χ2n) is 8.29. The van der Waals surface area contributed by atoms with Crippen LogP contribution in [0.5, 0.6) is 11.5 Å². The topological polar surface area (TPSA) is 84.9 Å². The molecular weight excluding hydrogens is 452 g/mol. The molecule has 8 heteroatoms. The zero-order valence-electron chi connectivity index (χ0n) is 19.4. The first-order valence-electron chi connectivity index (χ1n) is 10.9. The first-order valence-corrected chi connectivity index (χ1v) is 12.8. The Morgan fingerprint density at radius 2 is 1.71 bits per heavy atom. The number of carbonyl (C=O) groups excluding carboxylic acids is 1. The van der Waals surface area contributed by atoms with E-state index in [1.165, 1.54) is 12.1 Å². The summed E-state index contributed by atoms with van der Waals surface area (Å²) in [5, 5.41) is 2.85. The number of hydrogen-bond acceptors (Lipinski definition) is 6. The highest BCUT2D eigenvalue weighted by Gasteiger charge is 2.31. The SMILES string of the molecule is COc1cc2c(cc1OC)[C@@H](c1ccccc1)N(CC(=O)Nc1cccc(S(C)(=O)=O)c1)CC2. The molecule has 1 N–H and O–H groups in total. The molecule has 0 radical (unpaired) electrons. The van der Waals surface area contributed by atoms with Crippen molar-refractivity contribution in [3.63, 3.8) is 0 Å². The molecule has 1 aliphatic rings. The minimum absolute atomic E-state index is 0.141. The first kappa shape index (κ1) is 23.8. The minimum Gasteiger partial charge on any atom is -0.493 e. The van der Waals surface area contributed by atoms with Crippen LogP contribution in [0.2, 0.25) is 0 Å². The Bertz CT molecular complexity index is 1290. The van der Waals surface area contributed by atoms with Crippen molar-refractivity contribution in [1.29, 1.82) is 0 Å². The zero-order valence-corrected chi connectivity index (χ0v) is 20.3. The number of hydrogen-bond donors (Lipinski definition) is 1. The number of fused-ring (bicyclic) bond motifs is 1. The molecule has 0 bridgehead atoms. The Balaban J connectivity index is 1.63. The van der Waals surface area contributed by atoms with Gasteiger partial charge >= 0.3 is 0 Å². The fourth-order valence-corrected chi connectivity index (χ4v) is 5.05. The average Bonchev–Trinajstić information content (AvgIpc) is 2.83. The third-order valence-corrected chi connectivity index (χ3v) is 7.09. The number of rotatable bonds is 7. The molecule has 4 rings (SSSR count). The highest BCUT2D eigenvalue weighted by Crippen LogP contribution is 2.40. The maximum absolute atomic E-state index is 13.0. The van der Waals surface area contributed by atoms with Gasteiger partial charge in [0.2, 0.25) is 5.91 Å².